The molecule has 1 N–H and O–H groups in total. The zero-order valence-electron chi connectivity index (χ0n) is 7.69. The Kier molecular flexibility index (Phi) is 4.12. The fourth-order valence-corrected chi connectivity index (χ4v) is 1.22. The molecule has 5 nitrogen and oxygen atoms in total. The summed E-state index contributed by atoms with van der Waals surface area (Å²) in [5.74, 6) is -1.82. The van der Waals surface area contributed by atoms with Crippen LogP contribution in [0.3, 0.4) is 0 Å². The van der Waals surface area contributed by atoms with Crippen molar-refractivity contribution in [3.05, 3.63) is 12.2 Å². The molecule has 1 rings (SSSR count). The number of nitrogens with one attached hydrogen (secondary N) is 1. The van der Waals surface area contributed by atoms with E-state index in [9.17, 15) is 14.7 Å². The Morgan fingerprint density at radius 1 is 1.50 bits per heavy atom. The van der Waals surface area contributed by atoms with Gasteiger partial charge in [0.25, 0.3) is 0 Å². The SMILES string of the molecule is O=C([O-])C=CC(=O)NCC1CCCO1. The first-order chi connectivity index (χ1) is 6.68. The summed E-state index contributed by atoms with van der Waals surface area (Å²) < 4.78 is 5.26. The van der Waals surface area contributed by atoms with Crippen LogP contribution in [0.15, 0.2) is 12.2 Å². The van der Waals surface area contributed by atoms with Gasteiger partial charge in [0.05, 0.1) is 12.1 Å². The molecule has 1 fully saturated rings. The number of aliphatic carboxylic acids is 1. The van der Waals surface area contributed by atoms with E-state index in [1.54, 1.807) is 0 Å². The first-order valence-corrected chi connectivity index (χ1v) is 4.47. The predicted molar refractivity (Wildman–Crippen MR) is 46.1 cm³/mol. The van der Waals surface area contributed by atoms with Gasteiger partial charge >= 0.3 is 0 Å². The molecule has 1 atom stereocenters. The van der Waals surface area contributed by atoms with E-state index in [4.69, 9.17) is 4.74 Å². The fraction of sp³-hybridized carbons (Fsp3) is 0.556. The van der Waals surface area contributed by atoms with Crippen molar-refractivity contribution < 1.29 is 19.4 Å². The van der Waals surface area contributed by atoms with Gasteiger partial charge in [-0.2, -0.15) is 0 Å². The number of hydrogen-bond acceptors (Lipinski definition) is 4. The topological polar surface area (TPSA) is 78.5 Å². The maximum absolute atomic E-state index is 11.0. The summed E-state index contributed by atoms with van der Waals surface area (Å²) in [5.41, 5.74) is 0. The summed E-state index contributed by atoms with van der Waals surface area (Å²) in [6.45, 7) is 1.16. The summed E-state index contributed by atoms with van der Waals surface area (Å²) in [6.07, 6.45) is 3.64. The van der Waals surface area contributed by atoms with Crippen LogP contribution in [0.1, 0.15) is 12.8 Å². The molecule has 78 valence electrons. The van der Waals surface area contributed by atoms with E-state index in [0.717, 1.165) is 25.5 Å². The van der Waals surface area contributed by atoms with Crippen LogP contribution in [0, 0.1) is 0 Å². The summed E-state index contributed by atoms with van der Waals surface area (Å²) in [5, 5.41) is 12.5. The fourth-order valence-electron chi connectivity index (χ4n) is 1.22. The molecule has 0 saturated carbocycles. The van der Waals surface area contributed by atoms with E-state index in [1.165, 1.54) is 0 Å². The van der Waals surface area contributed by atoms with Crippen molar-refractivity contribution >= 4 is 11.9 Å². The second-order valence-electron chi connectivity index (χ2n) is 3.03. The van der Waals surface area contributed by atoms with Crippen molar-refractivity contribution in [1.29, 1.82) is 0 Å². The van der Waals surface area contributed by atoms with Crippen LogP contribution < -0.4 is 10.4 Å². The number of carbonyl (C=O) groups excluding carboxylic acids is 2. The van der Waals surface area contributed by atoms with Gasteiger partial charge in [-0.15, -0.1) is 0 Å². The molecular weight excluding hydrogens is 186 g/mol. The van der Waals surface area contributed by atoms with Crippen molar-refractivity contribution in [2.45, 2.75) is 18.9 Å². The third kappa shape index (κ3) is 4.04. The minimum Gasteiger partial charge on any atom is -0.545 e. The lowest BCUT2D eigenvalue weighted by molar-refractivity contribution is -0.297. The average Bonchev–Trinajstić information content (AvgIpc) is 2.63. The highest BCUT2D eigenvalue weighted by Gasteiger charge is 2.15. The van der Waals surface area contributed by atoms with Crippen LogP contribution in [0.4, 0.5) is 0 Å². The van der Waals surface area contributed by atoms with Gasteiger partial charge in [0.2, 0.25) is 5.91 Å². The molecular formula is C9H12NO4-. The highest BCUT2D eigenvalue weighted by molar-refractivity contribution is 5.93. The van der Waals surface area contributed by atoms with E-state index in [1.807, 2.05) is 0 Å². The zero-order chi connectivity index (χ0) is 10.4. The van der Waals surface area contributed by atoms with Crippen molar-refractivity contribution in [3.63, 3.8) is 0 Å². The molecule has 1 aliphatic rings. The Bertz CT molecular complexity index is 243. The lowest BCUT2D eigenvalue weighted by Gasteiger charge is -2.08. The largest absolute Gasteiger partial charge is 0.545 e. The molecule has 0 aromatic rings. The third-order valence-corrected chi connectivity index (χ3v) is 1.90. The molecule has 1 heterocycles. The molecule has 1 unspecified atom stereocenters. The van der Waals surface area contributed by atoms with Crippen LogP contribution in [0.25, 0.3) is 0 Å². The van der Waals surface area contributed by atoms with E-state index < -0.39 is 11.9 Å². The van der Waals surface area contributed by atoms with Crippen LogP contribution in [0.5, 0.6) is 0 Å². The predicted octanol–water partition coefficient (Wildman–Crippen LogP) is -1.41. The smallest absolute Gasteiger partial charge is 0.244 e. The summed E-state index contributed by atoms with van der Waals surface area (Å²) in [4.78, 5) is 20.9. The molecule has 1 saturated heterocycles. The molecule has 1 aliphatic heterocycles. The van der Waals surface area contributed by atoms with Gasteiger partial charge in [0.1, 0.15) is 0 Å². The van der Waals surface area contributed by atoms with Crippen molar-refractivity contribution in [2.24, 2.45) is 0 Å². The molecule has 0 aliphatic carbocycles. The number of carbonyl (C=O) groups is 2. The maximum atomic E-state index is 11.0. The third-order valence-electron chi connectivity index (χ3n) is 1.90. The molecule has 0 bridgehead atoms. The Morgan fingerprint density at radius 3 is 2.86 bits per heavy atom. The first kappa shape index (κ1) is 10.7. The van der Waals surface area contributed by atoms with Gasteiger partial charge in [-0.25, -0.2) is 0 Å². The second-order valence-corrected chi connectivity index (χ2v) is 3.03. The van der Waals surface area contributed by atoms with E-state index >= 15 is 0 Å². The van der Waals surface area contributed by atoms with Gasteiger partial charge in [-0.1, -0.05) is 0 Å². The minimum absolute atomic E-state index is 0.0651. The first-order valence-electron chi connectivity index (χ1n) is 4.47. The maximum Gasteiger partial charge on any atom is 0.244 e. The number of carboxylic acids is 1. The monoisotopic (exact) mass is 198 g/mol. The molecule has 1 amide bonds. The van der Waals surface area contributed by atoms with Crippen molar-refractivity contribution in [2.75, 3.05) is 13.2 Å². The Morgan fingerprint density at radius 2 is 2.29 bits per heavy atom. The standard InChI is InChI=1S/C9H13NO4/c11-8(3-4-9(12)13)10-6-7-2-1-5-14-7/h3-4,7H,1-2,5-6H2,(H,10,11)(H,12,13)/p-1. The van der Waals surface area contributed by atoms with Crippen molar-refractivity contribution in [1.82, 2.24) is 5.32 Å². The van der Waals surface area contributed by atoms with Crippen molar-refractivity contribution in [3.8, 4) is 0 Å². The van der Waals surface area contributed by atoms with Crippen LogP contribution in [-0.4, -0.2) is 31.1 Å². The number of rotatable bonds is 4. The van der Waals surface area contributed by atoms with E-state index in [2.05, 4.69) is 5.32 Å². The summed E-state index contributed by atoms with van der Waals surface area (Å²) >= 11 is 0. The van der Waals surface area contributed by atoms with Gasteiger partial charge in [-0.05, 0) is 18.9 Å². The lowest BCUT2D eigenvalue weighted by Crippen LogP contribution is -2.31. The summed E-state index contributed by atoms with van der Waals surface area (Å²) in [6, 6.07) is 0. The van der Waals surface area contributed by atoms with E-state index in [0.29, 0.717) is 12.6 Å². The average molecular weight is 198 g/mol. The highest BCUT2D eigenvalue weighted by atomic mass is 16.5. The number of ether oxygens (including phenoxy) is 1. The van der Waals surface area contributed by atoms with Gasteiger partial charge in [0.15, 0.2) is 0 Å². The molecule has 14 heavy (non-hydrogen) atoms. The number of carboxylic acid groups (broad SMARTS) is 1. The summed E-state index contributed by atoms with van der Waals surface area (Å²) in [7, 11) is 0. The minimum atomic E-state index is -1.38. The van der Waals surface area contributed by atoms with Gasteiger partial charge < -0.3 is 20.0 Å². The molecule has 0 aromatic heterocycles. The molecule has 5 heteroatoms. The number of amides is 1. The second kappa shape index (κ2) is 5.39. The normalized spacial score (nSPS) is 21.3. The molecule has 0 aromatic carbocycles. The van der Waals surface area contributed by atoms with Crippen LogP contribution in [-0.2, 0) is 14.3 Å². The zero-order valence-corrected chi connectivity index (χ0v) is 7.69. The molecule has 0 radical (unpaired) electrons. The Balaban J connectivity index is 2.17. The van der Waals surface area contributed by atoms with E-state index in [-0.39, 0.29) is 6.10 Å². The molecule has 0 spiro atoms. The van der Waals surface area contributed by atoms with Crippen LogP contribution in [0.2, 0.25) is 0 Å². The lowest BCUT2D eigenvalue weighted by atomic mass is 10.2. The Labute approximate surface area is 81.7 Å². The van der Waals surface area contributed by atoms with Crippen LogP contribution >= 0.6 is 0 Å². The highest BCUT2D eigenvalue weighted by Crippen LogP contribution is 2.10. The van der Waals surface area contributed by atoms with Gasteiger partial charge in [0, 0.05) is 19.2 Å². The quantitative estimate of drug-likeness (QED) is 0.563. The Hall–Kier alpha value is -1.36. The van der Waals surface area contributed by atoms with Gasteiger partial charge in [-0.3, -0.25) is 4.79 Å². The number of hydrogen-bond donors (Lipinski definition) is 1.